The molecule has 6 rings (SSSR count). The molecule has 20 heteroatoms. The van der Waals surface area contributed by atoms with Crippen LogP contribution < -0.4 is 51.4 Å². The Kier molecular flexibility index (Phi) is 14.6. The molecule has 3 aromatic carbocycles. The second kappa shape index (κ2) is 20.0. The first-order valence-electron chi connectivity index (χ1n) is 19.0. The van der Waals surface area contributed by atoms with Crippen LogP contribution in [0.4, 0.5) is 17.5 Å². The van der Waals surface area contributed by atoms with Crippen LogP contribution in [0.1, 0.15) is 59.4 Å². The maximum atomic E-state index is 12.6. The van der Waals surface area contributed by atoms with Gasteiger partial charge in [0.1, 0.15) is 6.04 Å². The summed E-state index contributed by atoms with van der Waals surface area (Å²) in [6.07, 6.45) is 2.23. The molecule has 2 atom stereocenters. The molecule has 0 unspecified atom stereocenters. The molecular formula is C42H47N9O11. The number of hydrogen-bond acceptors (Lipinski definition) is 16. The monoisotopic (exact) mass is 853 g/mol. The largest absolute Gasteiger partial charge is 0.493 e. The number of carbonyl (C=O) groups is 4. The molecule has 0 bridgehead atoms. The van der Waals surface area contributed by atoms with Crippen molar-refractivity contribution in [2.45, 2.75) is 51.2 Å². The number of ether oxygens (including phenoxy) is 4. The van der Waals surface area contributed by atoms with E-state index in [1.54, 1.807) is 45.7 Å². The number of carbonyl (C=O) groups excluding carboxylic acids is 2. The molecule has 0 saturated heterocycles. The van der Waals surface area contributed by atoms with Crippen molar-refractivity contribution in [2.24, 2.45) is 0 Å². The molecule has 0 radical (unpaired) electrons. The first-order valence-corrected chi connectivity index (χ1v) is 19.0. The average molecular weight is 854 g/mol. The standard InChI is InChI=1S/C22H25NO6.C20H22N8O5/c1-12(24)23-16-8-6-13-10-19(27-3)21(28-4)22(29-5)20(13)14-7-9-18(26-2)17(25)11-15(14)16;1-28(9-11-8-23-17-15(24-11)16(21)26-20(22)27-17)12-4-2-10(3-5-12)18(31)25-13(19(32)33)6-7-14(29)30/h7,9-11,16H,6,8H2,1-5H3,(H,23,24);2-5,8,13H,6-7,9H2,1H3,(H,25,31)(H,29,30)(H,32,33)(H4,21,22,23,26,27)/t16-;13-/m00/s1. The van der Waals surface area contributed by atoms with Crippen molar-refractivity contribution in [3.8, 4) is 34.1 Å². The number of nitrogens with one attached hydrogen (secondary N) is 2. The minimum Gasteiger partial charge on any atom is -0.493 e. The number of benzene rings is 2. The second-order valence-corrected chi connectivity index (χ2v) is 14.0. The van der Waals surface area contributed by atoms with Crippen LogP contribution in [-0.2, 0) is 27.3 Å². The first-order chi connectivity index (χ1) is 29.6. The summed E-state index contributed by atoms with van der Waals surface area (Å²) in [6.45, 7) is 1.83. The van der Waals surface area contributed by atoms with Crippen LogP contribution in [0.3, 0.4) is 0 Å². The third-order valence-electron chi connectivity index (χ3n) is 9.82. The highest BCUT2D eigenvalue weighted by Crippen LogP contribution is 2.50. The smallest absolute Gasteiger partial charge is 0.326 e. The molecule has 0 aliphatic heterocycles. The number of aryl methyl sites for hydroxylation is 1. The van der Waals surface area contributed by atoms with Gasteiger partial charge in [-0.2, -0.15) is 9.97 Å². The summed E-state index contributed by atoms with van der Waals surface area (Å²) in [7, 11) is 7.96. The molecule has 62 heavy (non-hydrogen) atoms. The number of nitrogens with zero attached hydrogens (tertiary/aromatic N) is 5. The van der Waals surface area contributed by atoms with Gasteiger partial charge in [-0.05, 0) is 78.4 Å². The van der Waals surface area contributed by atoms with Crippen molar-refractivity contribution in [1.29, 1.82) is 0 Å². The Bertz CT molecular complexity index is 2560. The number of anilines is 3. The van der Waals surface area contributed by atoms with Crippen LogP contribution in [-0.4, -0.2) is 95.4 Å². The van der Waals surface area contributed by atoms with Crippen molar-refractivity contribution < 1.29 is 48.3 Å². The number of carboxylic acids is 2. The van der Waals surface area contributed by atoms with E-state index in [0.717, 1.165) is 22.4 Å². The van der Waals surface area contributed by atoms with Gasteiger partial charge in [0, 0.05) is 37.2 Å². The third kappa shape index (κ3) is 10.5. The molecule has 326 valence electrons. The lowest BCUT2D eigenvalue weighted by atomic mass is 9.95. The molecular weight excluding hydrogens is 807 g/mol. The number of methoxy groups -OCH3 is 4. The van der Waals surface area contributed by atoms with E-state index < -0.39 is 23.9 Å². The first kappa shape index (κ1) is 45.3. The van der Waals surface area contributed by atoms with Crippen LogP contribution in [0.2, 0.25) is 0 Å². The minimum absolute atomic E-state index is 0.0138. The number of amides is 2. The van der Waals surface area contributed by atoms with Crippen molar-refractivity contribution in [2.75, 3.05) is 51.9 Å². The van der Waals surface area contributed by atoms with Gasteiger partial charge < -0.3 is 56.2 Å². The number of fused-ring (bicyclic) bond motifs is 4. The molecule has 2 amide bonds. The number of nitrogens with two attached hydrogens (primary N) is 2. The van der Waals surface area contributed by atoms with Crippen LogP contribution >= 0.6 is 0 Å². The van der Waals surface area contributed by atoms with Crippen LogP contribution in [0.15, 0.2) is 59.5 Å². The molecule has 0 fully saturated rings. The summed E-state index contributed by atoms with van der Waals surface area (Å²) in [5, 5.41) is 23.2. The summed E-state index contributed by atoms with van der Waals surface area (Å²) in [4.78, 5) is 77.2. The van der Waals surface area contributed by atoms with E-state index >= 15 is 0 Å². The Morgan fingerprint density at radius 3 is 2.21 bits per heavy atom. The van der Waals surface area contributed by atoms with E-state index in [-0.39, 0.29) is 53.3 Å². The van der Waals surface area contributed by atoms with Gasteiger partial charge >= 0.3 is 11.9 Å². The highest BCUT2D eigenvalue weighted by atomic mass is 16.5. The Morgan fingerprint density at radius 2 is 1.60 bits per heavy atom. The average Bonchev–Trinajstić information content (AvgIpc) is 3.49. The SMILES string of the molecule is CN(Cc1cnc2nc(N)nc(N)c2n1)c1ccc(C(=O)N[C@@H](CCC(=O)O)C(=O)O)cc1.COc1cc2c(c(OC)c1OC)-c1ccc(OC)c(=O)cc1[C@@H](NC(C)=O)CC2. The van der Waals surface area contributed by atoms with Crippen LogP contribution in [0.5, 0.6) is 23.0 Å². The predicted molar refractivity (Wildman–Crippen MR) is 227 cm³/mol. The number of aliphatic carboxylic acids is 2. The van der Waals surface area contributed by atoms with Crippen molar-refractivity contribution in [1.82, 2.24) is 30.6 Å². The normalized spacial score (nSPS) is 13.1. The van der Waals surface area contributed by atoms with Crippen molar-refractivity contribution in [3.63, 3.8) is 0 Å². The summed E-state index contributed by atoms with van der Waals surface area (Å²) in [5.74, 6) is -1.30. The van der Waals surface area contributed by atoms with Crippen LogP contribution in [0.25, 0.3) is 22.3 Å². The predicted octanol–water partition coefficient (Wildman–Crippen LogP) is 3.14. The Hall–Kier alpha value is -7.77. The number of hydrogen-bond donors (Lipinski definition) is 6. The summed E-state index contributed by atoms with van der Waals surface area (Å²) in [6, 6.07) is 11.7. The lowest BCUT2D eigenvalue weighted by molar-refractivity contribution is -0.140. The zero-order chi connectivity index (χ0) is 45.2. The number of aromatic nitrogens is 4. The van der Waals surface area contributed by atoms with E-state index in [1.165, 1.54) is 32.2 Å². The molecule has 0 spiro atoms. The summed E-state index contributed by atoms with van der Waals surface area (Å²) < 4.78 is 22.0. The van der Waals surface area contributed by atoms with E-state index in [1.807, 2.05) is 24.1 Å². The molecule has 8 N–H and O–H groups in total. The number of nitrogen functional groups attached to an aromatic ring is 2. The van der Waals surface area contributed by atoms with E-state index in [0.29, 0.717) is 59.1 Å². The summed E-state index contributed by atoms with van der Waals surface area (Å²) in [5.41, 5.74) is 16.7. The number of rotatable bonds is 14. The van der Waals surface area contributed by atoms with Crippen LogP contribution in [0, 0.1) is 0 Å². The fourth-order valence-electron chi connectivity index (χ4n) is 6.89. The van der Waals surface area contributed by atoms with Gasteiger partial charge in [-0.3, -0.25) is 19.2 Å². The fraction of sp³-hybridized carbons (Fsp3) is 0.310. The molecule has 2 heterocycles. The zero-order valence-electron chi connectivity index (χ0n) is 34.8. The van der Waals surface area contributed by atoms with Gasteiger partial charge in [-0.25, -0.2) is 14.8 Å². The van der Waals surface area contributed by atoms with E-state index in [9.17, 15) is 29.1 Å². The molecule has 1 aliphatic rings. The van der Waals surface area contributed by atoms with Gasteiger partial charge in [0.05, 0.1) is 52.9 Å². The zero-order valence-corrected chi connectivity index (χ0v) is 34.8. The van der Waals surface area contributed by atoms with Gasteiger partial charge in [-0.15, -0.1) is 0 Å². The van der Waals surface area contributed by atoms with Gasteiger partial charge in [0.15, 0.2) is 34.2 Å². The molecule has 2 aromatic heterocycles. The van der Waals surface area contributed by atoms with Crippen molar-refractivity contribution >= 4 is 52.4 Å². The Balaban J connectivity index is 0.000000236. The maximum absolute atomic E-state index is 12.6. The molecule has 20 nitrogen and oxygen atoms in total. The topological polar surface area (TPSA) is 294 Å². The minimum atomic E-state index is -1.30. The lowest BCUT2D eigenvalue weighted by Crippen LogP contribution is -2.41. The van der Waals surface area contributed by atoms with Gasteiger partial charge in [-0.1, -0.05) is 6.07 Å². The molecule has 1 aliphatic carbocycles. The van der Waals surface area contributed by atoms with Gasteiger partial charge in [0.2, 0.25) is 23.0 Å². The Morgan fingerprint density at radius 1 is 0.903 bits per heavy atom. The summed E-state index contributed by atoms with van der Waals surface area (Å²) >= 11 is 0. The quantitative estimate of drug-likeness (QED) is 0.0935. The highest BCUT2D eigenvalue weighted by Gasteiger charge is 2.29. The highest BCUT2D eigenvalue weighted by molar-refractivity contribution is 5.97. The second-order valence-electron chi connectivity index (χ2n) is 14.0. The maximum Gasteiger partial charge on any atom is 0.326 e. The fourth-order valence-corrected chi connectivity index (χ4v) is 6.89. The third-order valence-corrected chi connectivity index (χ3v) is 9.82. The van der Waals surface area contributed by atoms with E-state index in [4.69, 9.17) is 35.5 Å². The number of carboxylic acid groups (broad SMARTS) is 2. The van der Waals surface area contributed by atoms with Gasteiger partial charge in [0.25, 0.3) is 5.91 Å². The lowest BCUT2D eigenvalue weighted by Gasteiger charge is -2.19. The molecule has 5 aromatic rings. The van der Waals surface area contributed by atoms with Crippen molar-refractivity contribution in [3.05, 3.63) is 87.3 Å². The Labute approximate surface area is 355 Å². The van der Waals surface area contributed by atoms with E-state index in [2.05, 4.69) is 30.6 Å². The molecule has 0 saturated carbocycles.